The number of nitrogens with zero attached hydrogens (tertiary/aromatic N) is 3. The number of carbonyl (C=O) groups is 1. The van der Waals surface area contributed by atoms with Gasteiger partial charge in [0.25, 0.3) is 5.91 Å². The molecule has 2 fully saturated rings. The molecule has 1 aromatic heterocycles. The summed E-state index contributed by atoms with van der Waals surface area (Å²) < 4.78 is 5.89. The number of fused-ring (bicyclic) bond motifs is 1. The second kappa shape index (κ2) is 11.5. The smallest absolute Gasteiger partial charge is 0.258 e. The van der Waals surface area contributed by atoms with Crippen LogP contribution in [0, 0.1) is 11.8 Å². The maximum Gasteiger partial charge on any atom is 0.258 e. The first-order chi connectivity index (χ1) is 19.5. The van der Waals surface area contributed by atoms with Crippen molar-refractivity contribution >= 4 is 12.0 Å². The molecule has 1 aliphatic heterocycles. The molecule has 3 aliphatic rings. The first-order valence-corrected chi connectivity index (χ1v) is 15.0. The molecule has 3 unspecified atom stereocenters. The molecular weight excluding hydrogens is 496 g/mol. The predicted molar refractivity (Wildman–Crippen MR) is 159 cm³/mol. The number of H-pyrrole nitrogens is 1. The predicted octanol–water partition coefficient (Wildman–Crippen LogP) is 7.20. The Morgan fingerprint density at radius 3 is 2.50 bits per heavy atom. The van der Waals surface area contributed by atoms with E-state index in [1.165, 1.54) is 24.8 Å². The summed E-state index contributed by atoms with van der Waals surface area (Å²) in [4.78, 5) is 26.7. The molecule has 40 heavy (non-hydrogen) atoms. The normalized spacial score (nSPS) is 24.6. The van der Waals surface area contributed by atoms with E-state index in [4.69, 9.17) is 4.74 Å². The lowest BCUT2D eigenvalue weighted by Gasteiger charge is -2.42. The Bertz CT molecular complexity index is 1330. The minimum Gasteiger partial charge on any atom is -0.496 e. The Labute approximate surface area is 238 Å². The molecule has 3 atom stereocenters. The van der Waals surface area contributed by atoms with E-state index in [1.807, 2.05) is 12.1 Å². The van der Waals surface area contributed by atoms with Crippen LogP contribution in [0.1, 0.15) is 97.7 Å². The Morgan fingerprint density at radius 2 is 1.77 bits per heavy atom. The van der Waals surface area contributed by atoms with E-state index in [2.05, 4.69) is 82.3 Å². The maximum absolute atomic E-state index is 14.3. The van der Waals surface area contributed by atoms with Gasteiger partial charge in [0, 0.05) is 24.8 Å². The fraction of sp³-hybridized carbons (Fsp3) is 0.471. The van der Waals surface area contributed by atoms with Gasteiger partial charge in [0.2, 0.25) is 0 Å². The summed E-state index contributed by atoms with van der Waals surface area (Å²) >= 11 is 0. The summed E-state index contributed by atoms with van der Waals surface area (Å²) in [6, 6.07) is 17.4. The number of aromatic amines is 1. The summed E-state index contributed by atoms with van der Waals surface area (Å²) in [7, 11) is 1.69. The number of amides is 1. The summed E-state index contributed by atoms with van der Waals surface area (Å²) in [5.41, 5.74) is 5.07. The highest BCUT2D eigenvalue weighted by Gasteiger charge is 2.38. The van der Waals surface area contributed by atoms with E-state index >= 15 is 0 Å². The number of carbonyl (C=O) groups excluding carboxylic acids is 1. The summed E-state index contributed by atoms with van der Waals surface area (Å²) in [6.45, 7) is 5.38. The van der Waals surface area contributed by atoms with Crippen LogP contribution >= 0.6 is 0 Å². The van der Waals surface area contributed by atoms with E-state index in [0.29, 0.717) is 41.8 Å². The fourth-order valence-corrected chi connectivity index (χ4v) is 7.53. The molecule has 0 radical (unpaired) electrons. The van der Waals surface area contributed by atoms with Crippen molar-refractivity contribution in [1.82, 2.24) is 19.8 Å². The molecule has 6 heteroatoms. The number of ether oxygens (including phenoxy) is 1. The Hall–Kier alpha value is -3.54. The van der Waals surface area contributed by atoms with Crippen LogP contribution in [0.15, 0.2) is 61.1 Å². The lowest BCUT2D eigenvalue weighted by atomic mass is 9.79. The van der Waals surface area contributed by atoms with Crippen molar-refractivity contribution in [2.45, 2.75) is 83.5 Å². The van der Waals surface area contributed by atoms with Crippen molar-refractivity contribution in [3.8, 4) is 5.75 Å². The fourth-order valence-electron chi connectivity index (χ4n) is 7.53. The molecule has 1 N–H and O–H groups in total. The topological polar surface area (TPSA) is 61.5 Å². The number of benzene rings is 2. The summed E-state index contributed by atoms with van der Waals surface area (Å²) in [5.74, 6) is 2.12. The molecule has 6 rings (SSSR count). The van der Waals surface area contributed by atoms with Crippen molar-refractivity contribution in [2.24, 2.45) is 11.8 Å². The molecule has 2 aromatic carbocycles. The van der Waals surface area contributed by atoms with Crippen LogP contribution < -0.4 is 4.74 Å². The van der Waals surface area contributed by atoms with Crippen molar-refractivity contribution in [3.05, 3.63) is 89.1 Å². The summed E-state index contributed by atoms with van der Waals surface area (Å²) in [6.07, 6.45) is 14.1. The zero-order valence-corrected chi connectivity index (χ0v) is 24.1. The lowest BCUT2D eigenvalue weighted by Crippen LogP contribution is -2.49. The SMILES string of the molecule is COc1cc(CN2C=Cc3nc[nH]c3C2c2ccccc2)ccc1C(=O)N(C1CCCC1)C1CC(C)CC(C)C1. The van der Waals surface area contributed by atoms with E-state index in [-0.39, 0.29) is 11.9 Å². The average Bonchev–Trinajstić information content (AvgIpc) is 3.66. The lowest BCUT2D eigenvalue weighted by molar-refractivity contribution is 0.0426. The van der Waals surface area contributed by atoms with Gasteiger partial charge in [-0.25, -0.2) is 4.98 Å². The molecule has 2 aliphatic carbocycles. The Balaban J connectivity index is 1.28. The number of hydrogen-bond acceptors (Lipinski definition) is 4. The van der Waals surface area contributed by atoms with Crippen molar-refractivity contribution in [1.29, 1.82) is 0 Å². The molecule has 0 saturated heterocycles. The van der Waals surface area contributed by atoms with Crippen molar-refractivity contribution in [3.63, 3.8) is 0 Å². The van der Waals surface area contributed by atoms with Gasteiger partial charge in [0.1, 0.15) is 5.75 Å². The molecule has 2 heterocycles. The molecule has 0 bridgehead atoms. The number of aromatic nitrogens is 2. The zero-order valence-electron chi connectivity index (χ0n) is 24.1. The van der Waals surface area contributed by atoms with Crippen molar-refractivity contribution in [2.75, 3.05) is 7.11 Å². The van der Waals surface area contributed by atoms with Gasteiger partial charge in [-0.2, -0.15) is 0 Å². The van der Waals surface area contributed by atoms with Gasteiger partial charge in [0.05, 0.1) is 36.4 Å². The third kappa shape index (κ3) is 5.28. The number of nitrogens with one attached hydrogen (secondary N) is 1. The van der Waals surface area contributed by atoms with E-state index in [1.54, 1.807) is 13.4 Å². The van der Waals surface area contributed by atoms with Gasteiger partial charge in [-0.3, -0.25) is 4.79 Å². The van der Waals surface area contributed by atoms with Crippen LogP contribution in [0.25, 0.3) is 6.08 Å². The van der Waals surface area contributed by atoms with Crippen LogP contribution in [0.2, 0.25) is 0 Å². The maximum atomic E-state index is 14.3. The highest BCUT2D eigenvalue weighted by molar-refractivity contribution is 5.97. The Morgan fingerprint density at radius 1 is 1.02 bits per heavy atom. The van der Waals surface area contributed by atoms with Gasteiger partial charge in [-0.1, -0.05) is 63.1 Å². The van der Waals surface area contributed by atoms with E-state index < -0.39 is 0 Å². The molecule has 6 nitrogen and oxygen atoms in total. The third-order valence-electron chi connectivity index (χ3n) is 9.21. The van der Waals surface area contributed by atoms with Gasteiger partial charge >= 0.3 is 0 Å². The molecule has 0 spiro atoms. The minimum absolute atomic E-state index is 0.0316. The highest BCUT2D eigenvalue weighted by Crippen LogP contribution is 2.38. The van der Waals surface area contributed by atoms with Crippen LogP contribution in [0.3, 0.4) is 0 Å². The molecule has 2 saturated carbocycles. The molecule has 1 amide bonds. The molecule has 210 valence electrons. The Kier molecular flexibility index (Phi) is 7.68. The summed E-state index contributed by atoms with van der Waals surface area (Å²) in [5, 5.41) is 0. The van der Waals surface area contributed by atoms with Crippen molar-refractivity contribution < 1.29 is 9.53 Å². The second-order valence-electron chi connectivity index (χ2n) is 12.3. The number of rotatable bonds is 7. The van der Waals surface area contributed by atoms with Crippen LogP contribution in [-0.4, -0.2) is 44.9 Å². The molecule has 3 aromatic rings. The number of methoxy groups -OCH3 is 1. The second-order valence-corrected chi connectivity index (χ2v) is 12.3. The number of hydrogen-bond donors (Lipinski definition) is 1. The van der Waals surface area contributed by atoms with Gasteiger partial charge in [0.15, 0.2) is 0 Å². The molecular formula is C34H42N4O2. The third-order valence-corrected chi connectivity index (χ3v) is 9.21. The monoisotopic (exact) mass is 538 g/mol. The van der Waals surface area contributed by atoms with E-state index in [0.717, 1.165) is 42.6 Å². The quantitative estimate of drug-likeness (QED) is 0.345. The van der Waals surface area contributed by atoms with E-state index in [9.17, 15) is 4.79 Å². The van der Waals surface area contributed by atoms with Gasteiger partial charge in [-0.05, 0) is 73.3 Å². The first-order valence-electron chi connectivity index (χ1n) is 15.0. The van der Waals surface area contributed by atoms with Gasteiger partial charge < -0.3 is 19.5 Å². The van der Waals surface area contributed by atoms with Crippen LogP contribution in [0.5, 0.6) is 5.75 Å². The van der Waals surface area contributed by atoms with Gasteiger partial charge in [-0.15, -0.1) is 0 Å². The zero-order chi connectivity index (χ0) is 27.6. The highest BCUT2D eigenvalue weighted by atomic mass is 16.5. The van der Waals surface area contributed by atoms with Crippen LogP contribution in [-0.2, 0) is 6.54 Å². The standard InChI is InChI=1S/C34H42N4O2/c1-23-17-24(2)19-28(18-23)38(27-11-7-8-12-27)34(39)29-14-13-25(20-31(29)40-3)21-37-16-15-30-32(36-22-35-30)33(37)26-9-5-4-6-10-26/h4-6,9-10,13-16,20,22-24,27-28,33H,7-8,11-12,17-19,21H2,1-3H3,(H,35,36). The first kappa shape index (κ1) is 26.7. The van der Waals surface area contributed by atoms with Crippen LogP contribution in [0.4, 0.5) is 0 Å². The number of imidazole rings is 1. The largest absolute Gasteiger partial charge is 0.496 e. The minimum atomic E-state index is 0.0316. The average molecular weight is 539 g/mol.